The molecule has 1 aromatic heterocycles. The lowest BCUT2D eigenvalue weighted by molar-refractivity contribution is -0.117. The molecule has 2 heterocycles. The molecule has 1 aliphatic heterocycles. The number of anilines is 1. The van der Waals surface area contributed by atoms with E-state index >= 15 is 0 Å². The molecule has 3 N–H and O–H groups in total. The van der Waals surface area contributed by atoms with Crippen molar-refractivity contribution in [3.8, 4) is 12.1 Å². The van der Waals surface area contributed by atoms with Gasteiger partial charge in [0.05, 0.1) is 23.8 Å². The molecule has 0 bridgehead atoms. The highest BCUT2D eigenvalue weighted by Crippen LogP contribution is 2.40. The van der Waals surface area contributed by atoms with Crippen molar-refractivity contribution in [1.29, 1.82) is 10.5 Å². The minimum atomic E-state index is -0.979. The number of primary amides is 1. The van der Waals surface area contributed by atoms with E-state index in [1.807, 2.05) is 62.9 Å². The SMILES string of the molecule is CCc1c(C#N)c(SC(C(N)=O)c2ccccc2)nc(N2CCC(OCCN(C(=O)O)C(C)(C)C)CC2)c1C#N. The number of amides is 2. The number of piperidine rings is 1. The molecule has 0 radical (unpaired) electrons. The molecule has 3 rings (SSSR count). The number of ether oxygens (including phenoxy) is 1. The fourth-order valence-electron chi connectivity index (χ4n) is 4.79. The molecule has 1 aromatic carbocycles. The van der Waals surface area contributed by atoms with Gasteiger partial charge >= 0.3 is 6.09 Å². The number of aromatic nitrogens is 1. The highest BCUT2D eigenvalue weighted by molar-refractivity contribution is 8.00. The van der Waals surface area contributed by atoms with Crippen molar-refractivity contribution >= 4 is 29.6 Å². The van der Waals surface area contributed by atoms with Crippen molar-refractivity contribution in [2.45, 2.75) is 68.9 Å². The fraction of sp³-hybridized carbons (Fsp3) is 0.483. The predicted molar refractivity (Wildman–Crippen MR) is 153 cm³/mol. The zero-order chi connectivity index (χ0) is 29.4. The van der Waals surface area contributed by atoms with E-state index in [-0.39, 0.29) is 18.2 Å². The first-order valence-corrected chi connectivity index (χ1v) is 14.1. The first kappa shape index (κ1) is 30.7. The van der Waals surface area contributed by atoms with E-state index in [2.05, 4.69) is 12.1 Å². The number of carbonyl (C=O) groups is 2. The second-order valence-electron chi connectivity index (χ2n) is 10.5. The van der Waals surface area contributed by atoms with Crippen LogP contribution in [0, 0.1) is 22.7 Å². The second-order valence-corrected chi connectivity index (χ2v) is 11.6. The average Bonchev–Trinajstić information content (AvgIpc) is 2.92. The maximum Gasteiger partial charge on any atom is 0.407 e. The van der Waals surface area contributed by atoms with Gasteiger partial charge in [0, 0.05) is 25.2 Å². The van der Waals surface area contributed by atoms with Crippen LogP contribution in [0.25, 0.3) is 0 Å². The van der Waals surface area contributed by atoms with Crippen molar-refractivity contribution in [3.63, 3.8) is 0 Å². The van der Waals surface area contributed by atoms with Gasteiger partial charge in [-0.05, 0) is 51.2 Å². The Hall–Kier alpha value is -3.80. The molecule has 0 spiro atoms. The topological polar surface area (TPSA) is 157 Å². The number of nitrogens with zero attached hydrogens (tertiary/aromatic N) is 5. The summed E-state index contributed by atoms with van der Waals surface area (Å²) in [5.74, 6) is -0.0582. The number of hydrogen-bond donors (Lipinski definition) is 2. The van der Waals surface area contributed by atoms with Gasteiger partial charge in [0.25, 0.3) is 0 Å². The largest absolute Gasteiger partial charge is 0.465 e. The number of thioether (sulfide) groups is 1. The van der Waals surface area contributed by atoms with Crippen molar-refractivity contribution < 1.29 is 19.4 Å². The Morgan fingerprint density at radius 2 is 1.82 bits per heavy atom. The lowest BCUT2D eigenvalue weighted by Gasteiger charge is -2.36. The Balaban J connectivity index is 1.81. The number of nitrogens with two attached hydrogens (primary N) is 1. The third kappa shape index (κ3) is 7.23. The first-order valence-electron chi connectivity index (χ1n) is 13.3. The van der Waals surface area contributed by atoms with E-state index < -0.39 is 22.8 Å². The number of carbonyl (C=O) groups excluding carboxylic acids is 1. The average molecular weight is 565 g/mol. The number of nitriles is 2. The summed E-state index contributed by atoms with van der Waals surface area (Å²) in [6, 6.07) is 13.6. The van der Waals surface area contributed by atoms with Crippen LogP contribution >= 0.6 is 11.8 Å². The summed E-state index contributed by atoms with van der Waals surface area (Å²) in [6.45, 7) is 9.14. The zero-order valence-corrected chi connectivity index (χ0v) is 24.2. The summed E-state index contributed by atoms with van der Waals surface area (Å²) in [5, 5.41) is 29.2. The van der Waals surface area contributed by atoms with E-state index in [9.17, 15) is 25.2 Å². The Labute approximate surface area is 239 Å². The summed E-state index contributed by atoms with van der Waals surface area (Å²) in [4.78, 5) is 32.1. The molecule has 1 unspecified atom stereocenters. The van der Waals surface area contributed by atoms with Gasteiger partial charge in [-0.3, -0.25) is 4.79 Å². The summed E-state index contributed by atoms with van der Waals surface area (Å²) >= 11 is 1.13. The lowest BCUT2D eigenvalue weighted by atomic mass is 10.0. The van der Waals surface area contributed by atoms with Crippen LogP contribution in [0.3, 0.4) is 0 Å². The van der Waals surface area contributed by atoms with Crippen LogP contribution < -0.4 is 10.6 Å². The third-order valence-electron chi connectivity index (χ3n) is 6.87. The van der Waals surface area contributed by atoms with Crippen LogP contribution in [0.2, 0.25) is 0 Å². The molecule has 11 heteroatoms. The van der Waals surface area contributed by atoms with Gasteiger partial charge in [-0.2, -0.15) is 10.5 Å². The highest BCUT2D eigenvalue weighted by Gasteiger charge is 2.30. The third-order valence-corrected chi connectivity index (χ3v) is 8.13. The lowest BCUT2D eigenvalue weighted by Crippen LogP contribution is -2.47. The van der Waals surface area contributed by atoms with Gasteiger partial charge < -0.3 is 25.4 Å². The number of carboxylic acid groups (broad SMARTS) is 1. The smallest absolute Gasteiger partial charge is 0.407 e. The Bertz CT molecular complexity index is 1290. The second kappa shape index (κ2) is 13.5. The van der Waals surface area contributed by atoms with Crippen LogP contribution in [-0.4, -0.2) is 64.9 Å². The summed E-state index contributed by atoms with van der Waals surface area (Å²) in [7, 11) is 0. The van der Waals surface area contributed by atoms with Crippen LogP contribution in [0.4, 0.5) is 10.6 Å². The molecular weight excluding hydrogens is 528 g/mol. The molecule has 1 fully saturated rings. The Kier molecular flexibility index (Phi) is 10.4. The minimum absolute atomic E-state index is 0.0485. The van der Waals surface area contributed by atoms with Gasteiger partial charge in [0.15, 0.2) is 0 Å². The van der Waals surface area contributed by atoms with Crippen molar-refractivity contribution in [3.05, 3.63) is 52.6 Å². The van der Waals surface area contributed by atoms with Gasteiger partial charge in [-0.25, -0.2) is 9.78 Å². The number of pyridine rings is 1. The van der Waals surface area contributed by atoms with Crippen LogP contribution in [0.1, 0.15) is 68.0 Å². The van der Waals surface area contributed by atoms with Gasteiger partial charge in [-0.1, -0.05) is 49.0 Å². The summed E-state index contributed by atoms with van der Waals surface area (Å²) in [5.41, 5.74) is 7.18. The van der Waals surface area contributed by atoms with E-state index in [1.54, 1.807) is 0 Å². The molecule has 40 heavy (non-hydrogen) atoms. The summed E-state index contributed by atoms with van der Waals surface area (Å²) < 4.78 is 6.02. The minimum Gasteiger partial charge on any atom is -0.465 e. The van der Waals surface area contributed by atoms with Crippen molar-refractivity contribution in [2.75, 3.05) is 31.1 Å². The molecule has 1 atom stereocenters. The van der Waals surface area contributed by atoms with Gasteiger partial charge in [-0.15, -0.1) is 0 Å². The van der Waals surface area contributed by atoms with Crippen molar-refractivity contribution in [2.24, 2.45) is 5.73 Å². The number of hydrogen-bond acceptors (Lipinski definition) is 8. The maximum absolute atomic E-state index is 12.4. The quantitative estimate of drug-likeness (QED) is 0.397. The fourth-order valence-corrected chi connectivity index (χ4v) is 5.85. The Morgan fingerprint density at radius 3 is 2.33 bits per heavy atom. The highest BCUT2D eigenvalue weighted by atomic mass is 32.2. The van der Waals surface area contributed by atoms with Crippen molar-refractivity contribution in [1.82, 2.24) is 9.88 Å². The number of benzene rings is 1. The van der Waals surface area contributed by atoms with Crippen LogP contribution in [-0.2, 0) is 16.0 Å². The molecule has 0 aliphatic carbocycles. The molecular formula is C29H36N6O4S. The van der Waals surface area contributed by atoms with E-state index in [4.69, 9.17) is 15.5 Å². The molecule has 212 valence electrons. The van der Waals surface area contributed by atoms with Crippen LogP contribution in [0.15, 0.2) is 35.4 Å². The molecule has 1 saturated heterocycles. The summed E-state index contributed by atoms with van der Waals surface area (Å²) in [6.07, 6.45) is 0.773. The van der Waals surface area contributed by atoms with Gasteiger partial charge in [0.2, 0.25) is 5.91 Å². The molecule has 0 saturated carbocycles. The standard InChI is InChI=1S/C29H36N6O4S/c1-5-21-22(17-30)26(33-27(23(21)18-31)40-24(25(32)36)19-9-7-6-8-10-19)34-13-11-20(12-14-34)39-16-15-35(28(37)38)29(2,3)4/h6-10,20,24H,5,11-16H2,1-4H3,(H2,32,36)(H,37,38). The maximum atomic E-state index is 12.4. The van der Waals surface area contributed by atoms with E-state index in [0.717, 1.165) is 11.8 Å². The monoisotopic (exact) mass is 564 g/mol. The van der Waals surface area contributed by atoms with E-state index in [1.165, 1.54) is 4.90 Å². The Morgan fingerprint density at radius 1 is 1.20 bits per heavy atom. The van der Waals surface area contributed by atoms with Gasteiger partial charge in [0.1, 0.15) is 28.2 Å². The predicted octanol–water partition coefficient (Wildman–Crippen LogP) is 4.47. The van der Waals surface area contributed by atoms with Crippen LogP contribution in [0.5, 0.6) is 0 Å². The van der Waals surface area contributed by atoms with E-state index in [0.29, 0.717) is 66.5 Å². The zero-order valence-electron chi connectivity index (χ0n) is 23.4. The molecule has 10 nitrogen and oxygen atoms in total. The normalized spacial score (nSPS) is 14.7. The first-order chi connectivity index (χ1) is 19.0. The molecule has 2 aromatic rings. The number of rotatable bonds is 10. The molecule has 1 aliphatic rings. The molecule has 2 amide bonds.